The van der Waals surface area contributed by atoms with Crippen LogP contribution in [0.2, 0.25) is 0 Å². The average Bonchev–Trinajstić information content (AvgIpc) is 3.50. The molecule has 2 aliphatic heterocycles. The largest absolute Gasteiger partial charge is 0.348 e. The maximum absolute atomic E-state index is 12.8. The van der Waals surface area contributed by atoms with Crippen LogP contribution >= 0.6 is 11.3 Å². The molecule has 3 N–H and O–H groups in total. The summed E-state index contributed by atoms with van der Waals surface area (Å²) in [5.74, 6) is 0.942. The van der Waals surface area contributed by atoms with Gasteiger partial charge >= 0.3 is 0 Å². The minimum atomic E-state index is -0.205. The molecule has 1 amide bonds. The number of pyridine rings is 1. The number of nitrogens with zero attached hydrogens (tertiary/aromatic N) is 3. The molecule has 164 valence electrons. The molecule has 0 spiro atoms. The van der Waals surface area contributed by atoms with Crippen molar-refractivity contribution in [1.82, 2.24) is 19.9 Å². The van der Waals surface area contributed by atoms with Crippen LogP contribution in [0.5, 0.6) is 0 Å². The molecule has 1 saturated carbocycles. The number of rotatable bonds is 6. The number of hydrogen-bond donors (Lipinski definition) is 2. The fourth-order valence-electron chi connectivity index (χ4n) is 4.56. The number of carbonyl (C=O) groups is 1. The van der Waals surface area contributed by atoms with Crippen LogP contribution in [0.15, 0.2) is 66.3 Å². The highest BCUT2D eigenvalue weighted by Gasteiger charge is 2.26. The zero-order chi connectivity index (χ0) is 21.9. The number of aromatic nitrogens is 3. The smallest absolute Gasteiger partial charge is 0.270 e. The minimum absolute atomic E-state index is 0.102. The van der Waals surface area contributed by atoms with Gasteiger partial charge in [-0.1, -0.05) is 30.3 Å². The Labute approximate surface area is 191 Å². The van der Waals surface area contributed by atoms with Gasteiger partial charge in [0.1, 0.15) is 16.5 Å². The molecule has 2 aromatic rings. The van der Waals surface area contributed by atoms with Crippen LogP contribution in [0, 0.1) is 0 Å². The van der Waals surface area contributed by atoms with Crippen molar-refractivity contribution in [1.29, 1.82) is 0 Å². The molecule has 3 aliphatic rings. The fourth-order valence-corrected chi connectivity index (χ4v) is 5.36. The molecule has 1 fully saturated rings. The van der Waals surface area contributed by atoms with Gasteiger partial charge in [0.25, 0.3) is 5.91 Å². The maximum Gasteiger partial charge on any atom is 0.270 e. The first-order valence-corrected chi connectivity index (χ1v) is 12.0. The Morgan fingerprint density at radius 3 is 2.75 bits per heavy atom. The standard InChI is InChI=1S/C25H27N5OS/c26-21(15-17-5-2-1-3-6-17)25-29-22(16-32-25)24(31)28-19-8-10-20(11-9-19)30-14-4-7-18-12-13-27-23(18)30/h1-7,12-14,16,19-21H,8-11,15,26H2,(H,28,31)/t19?,20?,21-/m1/s1. The number of fused-ring (bicyclic) bond motifs is 1. The third-order valence-electron chi connectivity index (χ3n) is 6.27. The van der Waals surface area contributed by atoms with E-state index in [0.717, 1.165) is 36.5 Å². The number of benzene rings is 1. The molecule has 1 aliphatic carbocycles. The van der Waals surface area contributed by atoms with Crippen molar-refractivity contribution in [3.8, 4) is 11.4 Å². The predicted octanol–water partition coefficient (Wildman–Crippen LogP) is 4.60. The Morgan fingerprint density at radius 1 is 1.12 bits per heavy atom. The quantitative estimate of drug-likeness (QED) is 0.454. The van der Waals surface area contributed by atoms with Crippen LogP contribution in [-0.4, -0.2) is 26.5 Å². The van der Waals surface area contributed by atoms with Crippen LogP contribution in [-0.2, 0) is 6.42 Å². The lowest BCUT2D eigenvalue weighted by Gasteiger charge is -2.31. The third kappa shape index (κ3) is 4.45. The van der Waals surface area contributed by atoms with E-state index in [0.29, 0.717) is 18.2 Å². The van der Waals surface area contributed by atoms with Crippen molar-refractivity contribution in [3.63, 3.8) is 0 Å². The zero-order valence-electron chi connectivity index (χ0n) is 17.9. The van der Waals surface area contributed by atoms with Crippen molar-refractivity contribution in [2.75, 3.05) is 0 Å². The molecule has 0 radical (unpaired) electrons. The Balaban J connectivity index is 1.16. The highest BCUT2D eigenvalue weighted by Crippen LogP contribution is 2.33. The summed E-state index contributed by atoms with van der Waals surface area (Å²) < 4.78 is 2.29. The number of amides is 1. The van der Waals surface area contributed by atoms with E-state index in [-0.39, 0.29) is 18.0 Å². The fraction of sp³-hybridized carbons (Fsp3) is 0.320. The van der Waals surface area contributed by atoms with E-state index >= 15 is 0 Å². The second kappa shape index (κ2) is 9.22. The third-order valence-corrected chi connectivity index (χ3v) is 7.25. The molecular formula is C25H27N5OS. The SMILES string of the molecule is N[C@H](Cc1ccccc1)c1nc(C(=O)NC2CCC(n3cccc4ccnc3-4)CC2)cs1. The van der Waals surface area contributed by atoms with E-state index in [1.807, 2.05) is 35.8 Å². The van der Waals surface area contributed by atoms with Gasteiger partial charge < -0.3 is 15.6 Å². The van der Waals surface area contributed by atoms with E-state index in [9.17, 15) is 4.79 Å². The Bertz CT molecular complexity index is 1150. The van der Waals surface area contributed by atoms with Crippen molar-refractivity contribution in [2.24, 2.45) is 5.73 Å². The maximum atomic E-state index is 12.8. The van der Waals surface area contributed by atoms with Gasteiger partial charge in [-0.05, 0) is 55.9 Å². The van der Waals surface area contributed by atoms with Gasteiger partial charge in [0, 0.05) is 35.4 Å². The van der Waals surface area contributed by atoms with Crippen molar-refractivity contribution in [3.05, 3.63) is 82.6 Å². The van der Waals surface area contributed by atoms with Crippen LogP contribution in [0.4, 0.5) is 0 Å². The molecule has 5 rings (SSSR count). The van der Waals surface area contributed by atoms with E-state index in [2.05, 4.69) is 50.3 Å². The van der Waals surface area contributed by atoms with Crippen LogP contribution < -0.4 is 11.1 Å². The molecule has 1 atom stereocenters. The van der Waals surface area contributed by atoms with E-state index < -0.39 is 0 Å². The normalized spacial score (nSPS) is 19.7. The Kier molecular flexibility index (Phi) is 6.01. The molecular weight excluding hydrogens is 418 g/mol. The molecule has 1 aromatic carbocycles. The summed E-state index contributed by atoms with van der Waals surface area (Å²) in [4.78, 5) is 21.8. The van der Waals surface area contributed by atoms with Crippen molar-refractivity contribution >= 4 is 17.2 Å². The first kappa shape index (κ1) is 20.8. The molecule has 7 heteroatoms. The zero-order valence-corrected chi connectivity index (χ0v) is 18.7. The van der Waals surface area contributed by atoms with Gasteiger partial charge in [0.15, 0.2) is 0 Å². The van der Waals surface area contributed by atoms with Gasteiger partial charge in [-0.3, -0.25) is 4.79 Å². The number of thiazole rings is 1. The van der Waals surface area contributed by atoms with Gasteiger partial charge in [0.05, 0.1) is 6.04 Å². The van der Waals surface area contributed by atoms with Crippen LogP contribution in [0.25, 0.3) is 11.4 Å². The number of hydrogen-bond acceptors (Lipinski definition) is 5. The predicted molar refractivity (Wildman–Crippen MR) is 127 cm³/mol. The van der Waals surface area contributed by atoms with Gasteiger partial charge in [-0.2, -0.15) is 0 Å². The molecule has 0 unspecified atom stereocenters. The summed E-state index contributed by atoms with van der Waals surface area (Å²) in [5.41, 5.74) is 9.15. The van der Waals surface area contributed by atoms with Crippen LogP contribution in [0.1, 0.15) is 58.8 Å². The average molecular weight is 446 g/mol. The summed E-state index contributed by atoms with van der Waals surface area (Å²) in [6.45, 7) is 0. The Morgan fingerprint density at radius 2 is 1.94 bits per heavy atom. The number of nitrogens with two attached hydrogens (primary N) is 1. The first-order chi connectivity index (χ1) is 15.7. The summed E-state index contributed by atoms with van der Waals surface area (Å²) in [7, 11) is 0. The van der Waals surface area contributed by atoms with Gasteiger partial charge in [-0.25, -0.2) is 9.97 Å². The van der Waals surface area contributed by atoms with E-state index in [4.69, 9.17) is 5.73 Å². The molecule has 32 heavy (non-hydrogen) atoms. The summed E-state index contributed by atoms with van der Waals surface area (Å²) in [6, 6.07) is 16.7. The summed E-state index contributed by atoms with van der Waals surface area (Å²) in [5, 5.41) is 5.80. The number of nitrogens with one attached hydrogen (secondary N) is 1. The van der Waals surface area contributed by atoms with Gasteiger partial charge in [0.2, 0.25) is 0 Å². The second-order valence-electron chi connectivity index (χ2n) is 8.49. The van der Waals surface area contributed by atoms with Gasteiger partial charge in [-0.15, -0.1) is 11.3 Å². The first-order valence-electron chi connectivity index (χ1n) is 11.1. The lowest BCUT2D eigenvalue weighted by atomic mass is 9.90. The van der Waals surface area contributed by atoms with E-state index in [1.165, 1.54) is 22.5 Å². The summed E-state index contributed by atoms with van der Waals surface area (Å²) >= 11 is 1.46. The Hall–Kier alpha value is -3.03. The number of carbonyl (C=O) groups excluding carboxylic acids is 1. The molecule has 0 saturated heterocycles. The lowest BCUT2D eigenvalue weighted by Crippen LogP contribution is -2.38. The highest BCUT2D eigenvalue weighted by atomic mass is 32.1. The summed E-state index contributed by atoms with van der Waals surface area (Å²) in [6.07, 6.45) is 8.63. The molecule has 6 nitrogen and oxygen atoms in total. The highest BCUT2D eigenvalue weighted by molar-refractivity contribution is 7.09. The lowest BCUT2D eigenvalue weighted by molar-refractivity contribution is 0.0918. The van der Waals surface area contributed by atoms with Crippen LogP contribution in [0.3, 0.4) is 0 Å². The topological polar surface area (TPSA) is 85.8 Å². The molecule has 0 bridgehead atoms. The van der Waals surface area contributed by atoms with Crippen molar-refractivity contribution in [2.45, 2.75) is 50.2 Å². The second-order valence-corrected chi connectivity index (χ2v) is 9.38. The van der Waals surface area contributed by atoms with Crippen molar-refractivity contribution < 1.29 is 4.79 Å². The molecule has 1 aromatic heterocycles. The monoisotopic (exact) mass is 445 g/mol. The minimum Gasteiger partial charge on any atom is -0.348 e. The molecule has 3 heterocycles. The van der Waals surface area contributed by atoms with E-state index in [1.54, 1.807) is 0 Å².